The molecule has 0 radical (unpaired) electrons. The number of fused-ring (bicyclic) bond motifs is 5. The largest absolute Gasteiger partial charge is 0.480 e. The number of rotatable bonds is 3. The van der Waals surface area contributed by atoms with Gasteiger partial charge in [0.15, 0.2) is 0 Å². The molecule has 3 aliphatic carbocycles. The van der Waals surface area contributed by atoms with Crippen molar-refractivity contribution in [3.05, 3.63) is 0 Å². The molecule has 4 nitrogen and oxygen atoms in total. The second-order valence-electron chi connectivity index (χ2n) is 5.60. The molecule has 1 amide bonds. The molecule has 3 fully saturated rings. The van der Waals surface area contributed by atoms with Gasteiger partial charge in [-0.25, -0.2) is 0 Å². The summed E-state index contributed by atoms with van der Waals surface area (Å²) in [5, 5.41) is 8.66. The zero-order chi connectivity index (χ0) is 11.4. The van der Waals surface area contributed by atoms with Gasteiger partial charge in [-0.1, -0.05) is 0 Å². The first-order valence-corrected chi connectivity index (χ1v) is 6.06. The van der Waals surface area contributed by atoms with Crippen LogP contribution in [-0.2, 0) is 9.59 Å². The molecule has 0 spiro atoms. The van der Waals surface area contributed by atoms with Crippen molar-refractivity contribution in [2.45, 2.75) is 19.3 Å². The first-order valence-electron chi connectivity index (χ1n) is 6.06. The van der Waals surface area contributed by atoms with E-state index in [1.54, 1.807) is 7.05 Å². The number of carbonyl (C=O) groups excluding carboxylic acids is 1. The second kappa shape index (κ2) is 3.22. The van der Waals surface area contributed by atoms with Gasteiger partial charge in [0.1, 0.15) is 6.54 Å². The third-order valence-corrected chi connectivity index (χ3v) is 4.77. The van der Waals surface area contributed by atoms with E-state index in [4.69, 9.17) is 5.11 Å². The Hall–Kier alpha value is -1.06. The summed E-state index contributed by atoms with van der Waals surface area (Å²) in [6.45, 7) is -0.163. The summed E-state index contributed by atoms with van der Waals surface area (Å²) in [5.74, 6) is 2.03. The zero-order valence-corrected chi connectivity index (χ0v) is 9.43. The number of nitrogens with zero attached hydrogens (tertiary/aromatic N) is 1. The first-order chi connectivity index (χ1) is 7.59. The van der Waals surface area contributed by atoms with Gasteiger partial charge in [0, 0.05) is 13.0 Å². The van der Waals surface area contributed by atoms with Crippen LogP contribution in [0.3, 0.4) is 0 Å². The van der Waals surface area contributed by atoms with Gasteiger partial charge in [-0.3, -0.25) is 9.59 Å². The molecule has 2 bridgehead atoms. The minimum Gasteiger partial charge on any atom is -0.480 e. The molecule has 0 aromatic heterocycles. The van der Waals surface area contributed by atoms with Crippen molar-refractivity contribution in [3.8, 4) is 0 Å². The summed E-state index contributed by atoms with van der Waals surface area (Å²) in [7, 11) is 1.60. The van der Waals surface area contributed by atoms with Crippen molar-refractivity contribution in [3.63, 3.8) is 0 Å². The lowest BCUT2D eigenvalue weighted by Crippen LogP contribution is -2.34. The van der Waals surface area contributed by atoms with Crippen LogP contribution in [0.15, 0.2) is 0 Å². The van der Waals surface area contributed by atoms with Gasteiger partial charge < -0.3 is 10.0 Å². The fraction of sp³-hybridized carbons (Fsp3) is 0.833. The van der Waals surface area contributed by atoms with E-state index in [1.807, 2.05) is 0 Å². The molecule has 3 aliphatic rings. The normalized spacial score (nSPS) is 42.9. The third kappa shape index (κ3) is 1.28. The highest BCUT2D eigenvalue weighted by atomic mass is 16.4. The van der Waals surface area contributed by atoms with Crippen LogP contribution in [0, 0.1) is 29.6 Å². The van der Waals surface area contributed by atoms with E-state index in [1.165, 1.54) is 24.2 Å². The van der Waals surface area contributed by atoms with E-state index in [2.05, 4.69) is 0 Å². The quantitative estimate of drug-likeness (QED) is 0.770. The van der Waals surface area contributed by atoms with Gasteiger partial charge in [-0.2, -0.15) is 0 Å². The molecule has 16 heavy (non-hydrogen) atoms. The fourth-order valence-corrected chi connectivity index (χ4v) is 4.19. The summed E-state index contributed by atoms with van der Waals surface area (Å²) in [5.41, 5.74) is 0. The number of likely N-dealkylation sites (N-methyl/N-ethyl adjacent to an activating group) is 1. The molecule has 3 rings (SSSR count). The predicted octanol–water partition coefficient (Wildman–Crippen LogP) is 0.821. The van der Waals surface area contributed by atoms with Crippen LogP contribution in [-0.4, -0.2) is 35.5 Å². The molecule has 0 aromatic carbocycles. The lowest BCUT2D eigenvalue weighted by molar-refractivity contribution is -0.144. The minimum atomic E-state index is -0.926. The molecule has 0 saturated heterocycles. The van der Waals surface area contributed by atoms with Crippen LogP contribution >= 0.6 is 0 Å². The second-order valence-corrected chi connectivity index (χ2v) is 5.60. The van der Waals surface area contributed by atoms with Crippen LogP contribution in [0.5, 0.6) is 0 Å². The summed E-state index contributed by atoms with van der Waals surface area (Å²) < 4.78 is 0. The number of carboxylic acids is 1. The maximum atomic E-state index is 12.0. The molecular weight excluding hydrogens is 206 g/mol. The molecule has 4 heteroatoms. The average Bonchev–Trinajstić information content (AvgIpc) is 2.64. The Morgan fingerprint density at radius 3 is 2.31 bits per heavy atom. The lowest BCUT2D eigenvalue weighted by atomic mass is 10.0. The maximum Gasteiger partial charge on any atom is 0.323 e. The fourth-order valence-electron chi connectivity index (χ4n) is 4.19. The van der Waals surface area contributed by atoms with Gasteiger partial charge in [0.05, 0.1) is 0 Å². The molecule has 3 saturated carbocycles. The zero-order valence-electron chi connectivity index (χ0n) is 9.43. The molecule has 88 valence electrons. The smallest absolute Gasteiger partial charge is 0.323 e. The van der Waals surface area contributed by atoms with Gasteiger partial charge in [-0.15, -0.1) is 0 Å². The van der Waals surface area contributed by atoms with Crippen molar-refractivity contribution >= 4 is 11.9 Å². The van der Waals surface area contributed by atoms with E-state index in [9.17, 15) is 9.59 Å². The number of hydrogen-bond donors (Lipinski definition) is 1. The summed E-state index contributed by atoms with van der Waals surface area (Å²) >= 11 is 0. The average molecular weight is 223 g/mol. The van der Waals surface area contributed by atoms with Gasteiger partial charge in [0.2, 0.25) is 5.91 Å². The molecule has 4 unspecified atom stereocenters. The summed E-state index contributed by atoms with van der Waals surface area (Å²) in [6, 6.07) is 0. The van der Waals surface area contributed by atoms with Crippen LogP contribution in [0.2, 0.25) is 0 Å². The topological polar surface area (TPSA) is 57.6 Å². The Labute approximate surface area is 94.6 Å². The van der Waals surface area contributed by atoms with Crippen molar-refractivity contribution in [2.24, 2.45) is 29.6 Å². The number of carboxylic acid groups (broad SMARTS) is 1. The molecular formula is C12H17NO3. The van der Waals surface area contributed by atoms with Crippen molar-refractivity contribution in [1.82, 2.24) is 4.90 Å². The predicted molar refractivity (Wildman–Crippen MR) is 56.6 cm³/mol. The third-order valence-electron chi connectivity index (χ3n) is 4.77. The Morgan fingerprint density at radius 1 is 1.25 bits per heavy atom. The van der Waals surface area contributed by atoms with Crippen LogP contribution in [0.4, 0.5) is 0 Å². The lowest BCUT2D eigenvalue weighted by Gasteiger charge is -2.16. The van der Waals surface area contributed by atoms with E-state index in [-0.39, 0.29) is 18.4 Å². The van der Waals surface area contributed by atoms with E-state index >= 15 is 0 Å². The van der Waals surface area contributed by atoms with Gasteiger partial charge in [0.25, 0.3) is 0 Å². The van der Waals surface area contributed by atoms with Gasteiger partial charge >= 0.3 is 5.97 Å². The molecule has 0 aliphatic heterocycles. The van der Waals surface area contributed by atoms with E-state index in [0.717, 1.165) is 11.8 Å². The standard InChI is InChI=1S/C12H17NO3/c1-13(5-8(14)15)12(16)11-9-6-2-3-7(4-6)10(9)11/h6-7,9-11H,2-5H2,1H3,(H,14,15). The first kappa shape index (κ1) is 10.1. The van der Waals surface area contributed by atoms with E-state index in [0.29, 0.717) is 11.8 Å². The highest BCUT2D eigenvalue weighted by Crippen LogP contribution is 2.69. The number of amides is 1. The monoisotopic (exact) mass is 223 g/mol. The van der Waals surface area contributed by atoms with Crippen molar-refractivity contribution in [1.29, 1.82) is 0 Å². The highest BCUT2D eigenvalue weighted by molar-refractivity contribution is 5.85. The Bertz CT molecular complexity index is 338. The number of hydrogen-bond acceptors (Lipinski definition) is 2. The summed E-state index contributed by atoms with van der Waals surface area (Å²) in [6.07, 6.45) is 3.90. The minimum absolute atomic E-state index is 0.0639. The molecule has 0 aromatic rings. The van der Waals surface area contributed by atoms with Crippen LogP contribution < -0.4 is 0 Å². The Kier molecular flexibility index (Phi) is 2.03. The van der Waals surface area contributed by atoms with Crippen LogP contribution in [0.25, 0.3) is 0 Å². The Morgan fingerprint density at radius 2 is 1.81 bits per heavy atom. The molecule has 4 atom stereocenters. The number of carbonyl (C=O) groups is 2. The van der Waals surface area contributed by atoms with Crippen molar-refractivity contribution < 1.29 is 14.7 Å². The van der Waals surface area contributed by atoms with Gasteiger partial charge in [-0.05, 0) is 42.9 Å². The van der Waals surface area contributed by atoms with Crippen LogP contribution in [0.1, 0.15) is 19.3 Å². The maximum absolute atomic E-state index is 12.0. The Balaban J connectivity index is 1.64. The molecule has 1 N–H and O–H groups in total. The number of aliphatic carboxylic acids is 1. The SMILES string of the molecule is CN(CC(=O)O)C(=O)C1C2C3CCC(C3)C12. The molecule has 0 heterocycles. The summed E-state index contributed by atoms with van der Waals surface area (Å²) in [4.78, 5) is 24.0. The van der Waals surface area contributed by atoms with E-state index < -0.39 is 5.97 Å². The van der Waals surface area contributed by atoms with Crippen molar-refractivity contribution in [2.75, 3.05) is 13.6 Å². The highest BCUT2D eigenvalue weighted by Gasteiger charge is 2.67.